The van der Waals surface area contributed by atoms with E-state index in [-0.39, 0.29) is 28.5 Å². The van der Waals surface area contributed by atoms with Gasteiger partial charge in [0, 0.05) is 5.56 Å². The number of hydrogen-bond acceptors (Lipinski definition) is 4. The Morgan fingerprint density at radius 3 is 2.63 bits per heavy atom. The summed E-state index contributed by atoms with van der Waals surface area (Å²) in [7, 11) is 2.71. The van der Waals surface area contributed by atoms with Crippen LogP contribution in [-0.4, -0.2) is 35.5 Å². The quantitative estimate of drug-likeness (QED) is 0.883. The van der Waals surface area contributed by atoms with Gasteiger partial charge in [0.25, 0.3) is 0 Å². The van der Waals surface area contributed by atoms with Gasteiger partial charge in [0.2, 0.25) is 0 Å². The summed E-state index contributed by atoms with van der Waals surface area (Å²) in [6.45, 7) is 0. The number of halogens is 1. The van der Waals surface area contributed by atoms with Gasteiger partial charge in [0.1, 0.15) is 5.69 Å². The highest BCUT2D eigenvalue weighted by Crippen LogP contribution is 2.35. The molecule has 0 bridgehead atoms. The Morgan fingerprint density at radius 2 is 2.11 bits per heavy atom. The lowest BCUT2D eigenvalue weighted by Crippen LogP contribution is -1.96. The van der Waals surface area contributed by atoms with Gasteiger partial charge in [-0.1, -0.05) is 0 Å². The Bertz CT molecular complexity index is 624. The highest BCUT2D eigenvalue weighted by Gasteiger charge is 2.18. The molecular formula is C12H11FN2O4. The van der Waals surface area contributed by atoms with Crippen LogP contribution in [0.25, 0.3) is 11.3 Å². The number of hydrogen-bond donors (Lipinski definition) is 2. The first kappa shape index (κ1) is 12.9. The van der Waals surface area contributed by atoms with Gasteiger partial charge < -0.3 is 14.6 Å². The van der Waals surface area contributed by atoms with Crippen LogP contribution in [0.3, 0.4) is 0 Å². The largest absolute Gasteiger partial charge is 0.493 e. The molecule has 0 fully saturated rings. The summed E-state index contributed by atoms with van der Waals surface area (Å²) in [6.07, 6.45) is 0. The van der Waals surface area contributed by atoms with E-state index in [1.165, 1.54) is 32.4 Å². The first-order valence-electron chi connectivity index (χ1n) is 5.28. The van der Waals surface area contributed by atoms with Gasteiger partial charge in [-0.25, -0.2) is 9.18 Å². The minimum absolute atomic E-state index is 0.0557. The van der Waals surface area contributed by atoms with Crippen LogP contribution in [0.5, 0.6) is 11.5 Å². The zero-order valence-corrected chi connectivity index (χ0v) is 10.2. The van der Waals surface area contributed by atoms with Crippen molar-refractivity contribution in [2.24, 2.45) is 0 Å². The Kier molecular flexibility index (Phi) is 3.37. The molecule has 1 aromatic heterocycles. The van der Waals surface area contributed by atoms with Crippen LogP contribution in [-0.2, 0) is 0 Å². The molecule has 6 nitrogen and oxygen atoms in total. The maximum atomic E-state index is 14.2. The average Bonchev–Trinajstić information content (AvgIpc) is 2.87. The minimum Gasteiger partial charge on any atom is -0.493 e. The van der Waals surface area contributed by atoms with E-state index in [1.807, 2.05) is 0 Å². The van der Waals surface area contributed by atoms with Crippen molar-refractivity contribution in [3.63, 3.8) is 0 Å². The molecule has 19 heavy (non-hydrogen) atoms. The summed E-state index contributed by atoms with van der Waals surface area (Å²) >= 11 is 0. The number of rotatable bonds is 4. The van der Waals surface area contributed by atoms with E-state index in [9.17, 15) is 9.18 Å². The van der Waals surface area contributed by atoms with Crippen molar-refractivity contribution in [3.8, 4) is 22.8 Å². The van der Waals surface area contributed by atoms with E-state index >= 15 is 0 Å². The molecule has 0 saturated carbocycles. The molecule has 0 saturated heterocycles. The van der Waals surface area contributed by atoms with Gasteiger partial charge in [-0.2, -0.15) is 5.10 Å². The van der Waals surface area contributed by atoms with E-state index in [0.717, 1.165) is 0 Å². The van der Waals surface area contributed by atoms with Gasteiger partial charge in [0.15, 0.2) is 17.3 Å². The summed E-state index contributed by atoms with van der Waals surface area (Å²) in [6, 6.07) is 4.21. The molecule has 0 aliphatic carbocycles. The van der Waals surface area contributed by atoms with E-state index in [2.05, 4.69) is 10.2 Å². The number of carbonyl (C=O) groups is 1. The molecule has 0 unspecified atom stereocenters. The van der Waals surface area contributed by atoms with Crippen LogP contribution in [0.15, 0.2) is 18.2 Å². The first-order valence-corrected chi connectivity index (χ1v) is 5.28. The molecule has 0 aliphatic heterocycles. The predicted octanol–water partition coefficient (Wildman–Crippen LogP) is 1.93. The summed E-state index contributed by atoms with van der Waals surface area (Å²) in [4.78, 5) is 10.7. The fourth-order valence-corrected chi connectivity index (χ4v) is 1.66. The number of nitrogens with one attached hydrogen (secondary N) is 1. The SMILES string of the molecule is COc1ccc(-c2cc(C(=O)O)[nH]n2)c(F)c1OC. The van der Waals surface area contributed by atoms with Crippen LogP contribution in [0.1, 0.15) is 10.5 Å². The number of aromatic nitrogens is 2. The molecule has 7 heteroatoms. The van der Waals surface area contributed by atoms with Crippen molar-refractivity contribution in [1.82, 2.24) is 10.2 Å². The molecule has 1 aromatic carbocycles. The van der Waals surface area contributed by atoms with Crippen LogP contribution < -0.4 is 9.47 Å². The zero-order valence-electron chi connectivity index (χ0n) is 10.2. The zero-order chi connectivity index (χ0) is 14.0. The van der Waals surface area contributed by atoms with E-state index in [1.54, 1.807) is 0 Å². The standard InChI is InChI=1S/C12H11FN2O4/c1-18-9-4-3-6(10(13)11(9)19-2)7-5-8(12(16)17)15-14-7/h3-5H,1-2H3,(H,14,15)(H,16,17). The maximum Gasteiger partial charge on any atom is 0.353 e. The lowest BCUT2D eigenvalue weighted by molar-refractivity contribution is 0.0690. The third-order valence-corrected chi connectivity index (χ3v) is 2.57. The van der Waals surface area contributed by atoms with Gasteiger partial charge in [-0.15, -0.1) is 0 Å². The Morgan fingerprint density at radius 1 is 1.37 bits per heavy atom. The Balaban J connectivity index is 2.53. The van der Waals surface area contributed by atoms with Gasteiger partial charge in [-0.3, -0.25) is 5.10 Å². The van der Waals surface area contributed by atoms with Crippen molar-refractivity contribution in [2.45, 2.75) is 0 Å². The fourth-order valence-electron chi connectivity index (χ4n) is 1.66. The normalized spacial score (nSPS) is 10.3. The van der Waals surface area contributed by atoms with Crippen molar-refractivity contribution >= 4 is 5.97 Å². The van der Waals surface area contributed by atoms with Gasteiger partial charge in [0.05, 0.1) is 19.9 Å². The molecule has 2 N–H and O–H groups in total. The van der Waals surface area contributed by atoms with Crippen molar-refractivity contribution in [3.05, 3.63) is 29.7 Å². The topological polar surface area (TPSA) is 84.4 Å². The summed E-state index contributed by atoms with van der Waals surface area (Å²) in [5.41, 5.74) is 0.182. The molecule has 0 atom stereocenters. The molecule has 0 radical (unpaired) electrons. The molecule has 0 aliphatic rings. The molecule has 100 valence electrons. The number of carboxylic acids is 1. The van der Waals surface area contributed by atoms with Crippen LogP contribution >= 0.6 is 0 Å². The van der Waals surface area contributed by atoms with Crippen LogP contribution in [0.4, 0.5) is 4.39 Å². The number of aromatic carboxylic acids is 1. The van der Waals surface area contributed by atoms with Crippen LogP contribution in [0.2, 0.25) is 0 Å². The predicted molar refractivity (Wildman–Crippen MR) is 64.0 cm³/mol. The van der Waals surface area contributed by atoms with Crippen LogP contribution in [0, 0.1) is 5.82 Å². The smallest absolute Gasteiger partial charge is 0.353 e. The number of carboxylic acid groups (broad SMARTS) is 1. The number of nitrogens with zero attached hydrogens (tertiary/aromatic N) is 1. The summed E-state index contributed by atoms with van der Waals surface area (Å²) < 4.78 is 24.1. The Hall–Kier alpha value is -2.57. The average molecular weight is 266 g/mol. The van der Waals surface area contributed by atoms with E-state index in [0.29, 0.717) is 0 Å². The molecule has 0 amide bonds. The monoisotopic (exact) mass is 266 g/mol. The Labute approximate surface area is 107 Å². The number of aromatic amines is 1. The van der Waals surface area contributed by atoms with Crippen molar-refractivity contribution in [1.29, 1.82) is 0 Å². The third kappa shape index (κ3) is 2.22. The molecule has 2 rings (SSSR count). The van der Waals surface area contributed by atoms with Crippen molar-refractivity contribution < 1.29 is 23.8 Å². The van der Waals surface area contributed by atoms with Crippen molar-refractivity contribution in [2.75, 3.05) is 14.2 Å². The van der Waals surface area contributed by atoms with Gasteiger partial charge >= 0.3 is 5.97 Å². The number of H-pyrrole nitrogens is 1. The second-order valence-corrected chi connectivity index (χ2v) is 3.63. The second-order valence-electron chi connectivity index (χ2n) is 3.63. The number of benzene rings is 1. The lowest BCUT2D eigenvalue weighted by atomic mass is 10.1. The lowest BCUT2D eigenvalue weighted by Gasteiger charge is -2.10. The van der Waals surface area contributed by atoms with E-state index < -0.39 is 11.8 Å². The summed E-state index contributed by atoms with van der Waals surface area (Å²) in [5, 5.41) is 14.9. The second kappa shape index (κ2) is 4.97. The van der Waals surface area contributed by atoms with Gasteiger partial charge in [-0.05, 0) is 18.2 Å². The number of ether oxygens (including phenoxy) is 2. The minimum atomic E-state index is -1.17. The summed E-state index contributed by atoms with van der Waals surface area (Å²) in [5.74, 6) is -1.64. The highest BCUT2D eigenvalue weighted by molar-refractivity contribution is 5.87. The van der Waals surface area contributed by atoms with E-state index in [4.69, 9.17) is 14.6 Å². The molecule has 1 heterocycles. The first-order chi connectivity index (χ1) is 9.08. The third-order valence-electron chi connectivity index (χ3n) is 2.57. The number of methoxy groups -OCH3 is 2. The molecular weight excluding hydrogens is 255 g/mol. The molecule has 2 aromatic rings. The fraction of sp³-hybridized carbons (Fsp3) is 0.167. The maximum absolute atomic E-state index is 14.2. The molecule has 0 spiro atoms. The highest BCUT2D eigenvalue weighted by atomic mass is 19.1.